The molecule has 10 heteroatoms. The van der Waals surface area contributed by atoms with Gasteiger partial charge in [0.1, 0.15) is 28.7 Å². The van der Waals surface area contributed by atoms with Gasteiger partial charge in [-0.3, -0.25) is 0 Å². The molecule has 0 amide bonds. The van der Waals surface area contributed by atoms with E-state index < -0.39 is 60.9 Å². The summed E-state index contributed by atoms with van der Waals surface area (Å²) in [5.74, 6) is -4.87. The molecule has 1 aromatic heterocycles. The highest BCUT2D eigenvalue weighted by molar-refractivity contribution is 7.90. The van der Waals surface area contributed by atoms with Gasteiger partial charge in [0.15, 0.2) is 5.75 Å². The number of carbonyl (C=O) groups is 1. The number of halogens is 3. The van der Waals surface area contributed by atoms with Crippen molar-refractivity contribution < 1.29 is 36.2 Å². The summed E-state index contributed by atoms with van der Waals surface area (Å²) in [7, 11) is -3.46. The molecule has 0 fully saturated rings. The molecule has 0 saturated carbocycles. The van der Waals surface area contributed by atoms with E-state index in [9.17, 15) is 31.5 Å². The summed E-state index contributed by atoms with van der Waals surface area (Å²) in [6.45, 7) is 0. The normalized spacial score (nSPS) is 11.4. The molecule has 3 aromatic rings. The number of ether oxygens (including phenoxy) is 1. The van der Waals surface area contributed by atoms with Crippen LogP contribution in [0.15, 0.2) is 53.6 Å². The van der Waals surface area contributed by atoms with Crippen molar-refractivity contribution in [1.29, 1.82) is 0 Å². The van der Waals surface area contributed by atoms with E-state index in [1.807, 2.05) is 0 Å². The minimum absolute atomic E-state index is 0.411. The van der Waals surface area contributed by atoms with Crippen molar-refractivity contribution in [2.45, 2.75) is 4.90 Å². The van der Waals surface area contributed by atoms with Crippen LogP contribution in [0.5, 0.6) is 5.75 Å². The summed E-state index contributed by atoms with van der Waals surface area (Å²) in [6, 6.07) is 6.35. The monoisotopic (exact) mass is 411 g/mol. The number of carboxylic acids is 1. The second-order valence-corrected chi connectivity index (χ2v) is 7.43. The maximum absolute atomic E-state index is 14.4. The van der Waals surface area contributed by atoms with E-state index >= 15 is 0 Å². The van der Waals surface area contributed by atoms with Crippen molar-refractivity contribution in [1.82, 2.24) is 3.97 Å². The molecular formula is C18H12F3NO5S. The number of carboxylic acid groups (broad SMARTS) is 1. The molecule has 0 radical (unpaired) electrons. The van der Waals surface area contributed by atoms with E-state index in [-0.39, 0.29) is 0 Å². The molecule has 0 unspecified atom stereocenters. The van der Waals surface area contributed by atoms with E-state index in [0.717, 1.165) is 49.7 Å². The quantitative estimate of drug-likeness (QED) is 0.695. The van der Waals surface area contributed by atoms with Crippen molar-refractivity contribution in [3.05, 3.63) is 71.7 Å². The number of rotatable bonds is 5. The zero-order valence-electron chi connectivity index (χ0n) is 14.2. The predicted molar refractivity (Wildman–Crippen MR) is 92.3 cm³/mol. The molecule has 6 nitrogen and oxygen atoms in total. The Morgan fingerprint density at radius 3 is 2.32 bits per heavy atom. The first-order valence-corrected chi connectivity index (χ1v) is 9.10. The summed E-state index contributed by atoms with van der Waals surface area (Å²) in [4.78, 5) is 11.0. The summed E-state index contributed by atoms with van der Waals surface area (Å²) >= 11 is 0. The number of hydrogen-bond donors (Lipinski definition) is 1. The molecule has 0 bridgehead atoms. The zero-order chi connectivity index (χ0) is 20.6. The molecule has 1 N–H and O–H groups in total. The summed E-state index contributed by atoms with van der Waals surface area (Å²) < 4.78 is 72.7. The van der Waals surface area contributed by atoms with Crippen molar-refractivity contribution in [2.75, 3.05) is 7.11 Å². The third kappa shape index (κ3) is 3.22. The Hall–Kier alpha value is -3.27. The maximum Gasteiger partial charge on any atom is 0.341 e. The van der Waals surface area contributed by atoms with E-state index in [1.165, 1.54) is 0 Å². The van der Waals surface area contributed by atoms with Crippen LogP contribution >= 0.6 is 0 Å². The van der Waals surface area contributed by atoms with E-state index in [4.69, 9.17) is 4.74 Å². The minimum Gasteiger partial charge on any atom is -0.494 e. The first-order chi connectivity index (χ1) is 13.2. The molecule has 3 rings (SSSR count). The highest BCUT2D eigenvalue weighted by Gasteiger charge is 2.31. The van der Waals surface area contributed by atoms with Crippen LogP contribution in [-0.2, 0) is 10.0 Å². The van der Waals surface area contributed by atoms with Crippen LogP contribution in [0.4, 0.5) is 13.2 Å². The van der Waals surface area contributed by atoms with Crippen LogP contribution in [-0.4, -0.2) is 30.6 Å². The number of nitrogens with zero attached hydrogens (tertiary/aromatic N) is 1. The first-order valence-electron chi connectivity index (χ1n) is 7.66. The van der Waals surface area contributed by atoms with Crippen molar-refractivity contribution in [3.63, 3.8) is 0 Å². The van der Waals surface area contributed by atoms with Gasteiger partial charge in [0.05, 0.1) is 12.0 Å². The Bertz CT molecular complexity index is 1190. The molecular weight excluding hydrogens is 399 g/mol. The molecule has 0 saturated heterocycles. The van der Waals surface area contributed by atoms with Gasteiger partial charge >= 0.3 is 5.97 Å². The molecule has 28 heavy (non-hydrogen) atoms. The van der Waals surface area contributed by atoms with Crippen LogP contribution in [0.1, 0.15) is 10.4 Å². The average molecular weight is 411 g/mol. The lowest BCUT2D eigenvalue weighted by atomic mass is 10.1. The van der Waals surface area contributed by atoms with Gasteiger partial charge in [-0.15, -0.1) is 0 Å². The van der Waals surface area contributed by atoms with Gasteiger partial charge in [-0.2, -0.15) is 0 Å². The van der Waals surface area contributed by atoms with Gasteiger partial charge in [0, 0.05) is 17.8 Å². The highest BCUT2D eigenvalue weighted by atomic mass is 32.2. The Balaban J connectivity index is 2.40. The minimum atomic E-state index is -4.54. The second kappa shape index (κ2) is 7.04. The van der Waals surface area contributed by atoms with Crippen LogP contribution in [0.3, 0.4) is 0 Å². The molecule has 0 spiro atoms. The fourth-order valence-electron chi connectivity index (χ4n) is 2.68. The summed E-state index contributed by atoms with van der Waals surface area (Å²) in [5, 5.41) is 9.37. The second-order valence-electron chi connectivity index (χ2n) is 5.61. The first kappa shape index (κ1) is 19.5. The van der Waals surface area contributed by atoms with E-state index in [2.05, 4.69) is 0 Å². The fourth-order valence-corrected chi connectivity index (χ4v) is 4.09. The SMILES string of the molecule is COc1c(C(=O)O)cn(S(=O)(=O)c2cccc(F)c2)c1-c1ccc(F)cc1F. The molecule has 0 aliphatic rings. The molecule has 0 atom stereocenters. The van der Waals surface area contributed by atoms with Crippen molar-refractivity contribution in [3.8, 4) is 17.0 Å². The number of methoxy groups -OCH3 is 1. The van der Waals surface area contributed by atoms with E-state index in [0.29, 0.717) is 10.0 Å². The Morgan fingerprint density at radius 2 is 1.75 bits per heavy atom. The summed E-state index contributed by atoms with van der Waals surface area (Å²) in [6.07, 6.45) is 0.722. The van der Waals surface area contributed by atoms with Crippen LogP contribution in [0.25, 0.3) is 11.3 Å². The molecule has 0 aliphatic carbocycles. The van der Waals surface area contributed by atoms with Gasteiger partial charge in [0.2, 0.25) is 0 Å². The predicted octanol–water partition coefficient (Wildman–Crippen LogP) is 3.52. The van der Waals surface area contributed by atoms with Gasteiger partial charge in [-0.1, -0.05) is 6.07 Å². The number of benzene rings is 2. The average Bonchev–Trinajstić information content (AvgIpc) is 3.02. The molecule has 2 aromatic carbocycles. The number of hydrogen-bond acceptors (Lipinski definition) is 4. The Morgan fingerprint density at radius 1 is 1.07 bits per heavy atom. The molecule has 146 valence electrons. The summed E-state index contributed by atoms with van der Waals surface area (Å²) in [5.41, 5.74) is -1.45. The van der Waals surface area contributed by atoms with Gasteiger partial charge in [0.25, 0.3) is 10.0 Å². The van der Waals surface area contributed by atoms with Crippen LogP contribution < -0.4 is 4.74 Å². The smallest absolute Gasteiger partial charge is 0.341 e. The highest BCUT2D eigenvalue weighted by Crippen LogP contribution is 2.39. The Kier molecular flexibility index (Phi) is 4.90. The van der Waals surface area contributed by atoms with Gasteiger partial charge < -0.3 is 9.84 Å². The topological polar surface area (TPSA) is 85.6 Å². The maximum atomic E-state index is 14.4. The molecule has 0 aliphatic heterocycles. The largest absolute Gasteiger partial charge is 0.494 e. The van der Waals surface area contributed by atoms with E-state index in [1.54, 1.807) is 0 Å². The van der Waals surface area contributed by atoms with Gasteiger partial charge in [-0.05, 0) is 30.3 Å². The Labute approximate surface area is 157 Å². The zero-order valence-corrected chi connectivity index (χ0v) is 15.0. The number of aromatic carboxylic acids is 1. The van der Waals surface area contributed by atoms with Crippen molar-refractivity contribution >= 4 is 16.0 Å². The standard InChI is InChI=1S/C18H12F3NO5S/c1-27-17-14(18(23)24)9-22(16(17)13-6-5-11(20)8-15(13)21)28(25,26)12-4-2-3-10(19)7-12/h2-9H,1H3,(H,23,24). The lowest BCUT2D eigenvalue weighted by Gasteiger charge is -2.13. The number of aromatic nitrogens is 1. The lowest BCUT2D eigenvalue weighted by Crippen LogP contribution is -2.14. The molecule has 1 heterocycles. The lowest BCUT2D eigenvalue weighted by molar-refractivity contribution is 0.0693. The fraction of sp³-hybridized carbons (Fsp3) is 0.0556. The van der Waals surface area contributed by atoms with Gasteiger partial charge in [-0.25, -0.2) is 30.4 Å². The third-order valence-corrected chi connectivity index (χ3v) is 5.56. The van der Waals surface area contributed by atoms with Crippen LogP contribution in [0.2, 0.25) is 0 Å². The van der Waals surface area contributed by atoms with Crippen LogP contribution in [0, 0.1) is 17.5 Å². The van der Waals surface area contributed by atoms with Crippen molar-refractivity contribution in [2.24, 2.45) is 0 Å². The third-order valence-electron chi connectivity index (χ3n) is 3.90.